The van der Waals surface area contributed by atoms with Crippen LogP contribution in [0.1, 0.15) is 11.4 Å². The van der Waals surface area contributed by atoms with Gasteiger partial charge in [-0.25, -0.2) is 9.97 Å². The molecule has 1 N–H and O–H groups in total. The molecule has 0 aliphatic carbocycles. The van der Waals surface area contributed by atoms with Gasteiger partial charge in [0.15, 0.2) is 11.5 Å². The molecular formula is C15H17N3O2. The van der Waals surface area contributed by atoms with E-state index in [0.717, 1.165) is 35.1 Å². The van der Waals surface area contributed by atoms with Crippen LogP contribution in [0, 0.1) is 6.92 Å². The zero-order valence-electron chi connectivity index (χ0n) is 11.6. The van der Waals surface area contributed by atoms with E-state index in [-0.39, 0.29) is 6.04 Å². The summed E-state index contributed by atoms with van der Waals surface area (Å²) >= 11 is 0. The number of aryl methyl sites for hydroxylation is 1. The van der Waals surface area contributed by atoms with Crippen LogP contribution in [0.3, 0.4) is 0 Å². The number of aromatic nitrogens is 2. The van der Waals surface area contributed by atoms with Crippen LogP contribution in [0.2, 0.25) is 0 Å². The van der Waals surface area contributed by atoms with Gasteiger partial charge in [0.1, 0.15) is 18.2 Å². The van der Waals surface area contributed by atoms with Crippen LogP contribution >= 0.6 is 0 Å². The molecule has 5 nitrogen and oxygen atoms in total. The molecule has 2 heterocycles. The van der Waals surface area contributed by atoms with Crippen LogP contribution in [0.15, 0.2) is 30.5 Å². The maximum atomic E-state index is 5.83. The van der Waals surface area contributed by atoms with E-state index in [4.69, 9.17) is 9.47 Å². The monoisotopic (exact) mass is 271 g/mol. The van der Waals surface area contributed by atoms with Crippen LogP contribution < -0.4 is 14.8 Å². The number of hydrogen-bond acceptors (Lipinski definition) is 5. The smallest absolute Gasteiger partial charge is 0.164 e. The Morgan fingerprint density at radius 1 is 1.35 bits per heavy atom. The van der Waals surface area contributed by atoms with E-state index in [9.17, 15) is 0 Å². The first-order valence-corrected chi connectivity index (χ1v) is 6.61. The number of hydrogen-bond donors (Lipinski definition) is 1. The summed E-state index contributed by atoms with van der Waals surface area (Å²) in [5, 5.41) is 3.38. The maximum Gasteiger partial charge on any atom is 0.164 e. The molecule has 20 heavy (non-hydrogen) atoms. The van der Waals surface area contributed by atoms with Crippen molar-refractivity contribution in [3.05, 3.63) is 41.9 Å². The first-order valence-electron chi connectivity index (χ1n) is 6.61. The summed E-state index contributed by atoms with van der Waals surface area (Å²) in [6, 6.07) is 8.03. The molecule has 104 valence electrons. The molecule has 0 spiro atoms. The van der Waals surface area contributed by atoms with Crippen molar-refractivity contribution in [3.63, 3.8) is 0 Å². The molecule has 0 amide bonds. The molecule has 5 heteroatoms. The van der Waals surface area contributed by atoms with Crippen LogP contribution in [0.4, 0.5) is 5.82 Å². The van der Waals surface area contributed by atoms with Crippen molar-refractivity contribution in [3.8, 4) is 11.5 Å². The Morgan fingerprint density at radius 3 is 3.05 bits per heavy atom. The second-order valence-corrected chi connectivity index (χ2v) is 4.79. The van der Waals surface area contributed by atoms with Gasteiger partial charge in [-0.3, -0.25) is 0 Å². The second-order valence-electron chi connectivity index (χ2n) is 4.79. The number of para-hydroxylation sites is 1. The van der Waals surface area contributed by atoms with Gasteiger partial charge in [-0.05, 0) is 25.5 Å². The summed E-state index contributed by atoms with van der Waals surface area (Å²) in [4.78, 5) is 8.45. The highest BCUT2D eigenvalue weighted by molar-refractivity contribution is 5.49. The fraction of sp³-hybridized carbons (Fsp3) is 0.333. The lowest BCUT2D eigenvalue weighted by Crippen LogP contribution is -2.33. The van der Waals surface area contributed by atoms with Gasteiger partial charge >= 0.3 is 0 Å². The lowest BCUT2D eigenvalue weighted by molar-refractivity contribution is 0.256. The second kappa shape index (κ2) is 5.36. The Morgan fingerprint density at radius 2 is 2.25 bits per heavy atom. The van der Waals surface area contributed by atoms with Crippen molar-refractivity contribution in [2.75, 3.05) is 19.0 Å². The van der Waals surface area contributed by atoms with Gasteiger partial charge < -0.3 is 14.8 Å². The zero-order chi connectivity index (χ0) is 13.9. The number of anilines is 1. The molecule has 1 atom stereocenters. The van der Waals surface area contributed by atoms with Crippen molar-refractivity contribution < 1.29 is 9.47 Å². The molecule has 0 fully saturated rings. The molecule has 3 rings (SSSR count). The SMILES string of the molecule is COc1cccc2c1OC[C@H](Nc1ccnc(C)n1)C2. The first kappa shape index (κ1) is 12.7. The van der Waals surface area contributed by atoms with Crippen molar-refractivity contribution in [2.24, 2.45) is 0 Å². The number of ether oxygens (including phenoxy) is 2. The van der Waals surface area contributed by atoms with E-state index < -0.39 is 0 Å². The number of benzene rings is 1. The van der Waals surface area contributed by atoms with Crippen LogP contribution in [-0.4, -0.2) is 29.7 Å². The Balaban J connectivity index is 1.76. The van der Waals surface area contributed by atoms with Crippen molar-refractivity contribution in [2.45, 2.75) is 19.4 Å². The summed E-state index contributed by atoms with van der Waals surface area (Å²) in [6.07, 6.45) is 2.64. The molecule has 0 radical (unpaired) electrons. The quantitative estimate of drug-likeness (QED) is 0.927. The summed E-state index contributed by atoms with van der Waals surface area (Å²) in [5.74, 6) is 3.23. The number of fused-ring (bicyclic) bond motifs is 1. The number of methoxy groups -OCH3 is 1. The average molecular weight is 271 g/mol. The highest BCUT2D eigenvalue weighted by Crippen LogP contribution is 2.34. The first-order chi connectivity index (χ1) is 9.76. The minimum atomic E-state index is 0.198. The average Bonchev–Trinajstić information content (AvgIpc) is 2.46. The lowest BCUT2D eigenvalue weighted by atomic mass is 10.0. The molecule has 1 aliphatic rings. The molecule has 2 aromatic rings. The Hall–Kier alpha value is -2.30. The van der Waals surface area contributed by atoms with E-state index in [0.29, 0.717) is 6.61 Å². The van der Waals surface area contributed by atoms with Crippen molar-refractivity contribution in [1.29, 1.82) is 0 Å². The largest absolute Gasteiger partial charge is 0.493 e. The predicted molar refractivity (Wildman–Crippen MR) is 76.4 cm³/mol. The third-order valence-corrected chi connectivity index (χ3v) is 3.30. The van der Waals surface area contributed by atoms with Gasteiger partial charge in [0.25, 0.3) is 0 Å². The fourth-order valence-corrected chi connectivity index (χ4v) is 2.39. The van der Waals surface area contributed by atoms with Crippen molar-refractivity contribution in [1.82, 2.24) is 9.97 Å². The normalized spacial score (nSPS) is 17.0. The summed E-state index contributed by atoms with van der Waals surface area (Å²) < 4.78 is 11.1. The molecule has 1 aromatic heterocycles. The molecule has 0 saturated heterocycles. The third kappa shape index (κ3) is 2.52. The standard InChI is InChI=1S/C15H17N3O2/c1-10-16-7-6-14(17-10)18-12-8-11-4-3-5-13(19-2)15(11)20-9-12/h3-7,12H,8-9H2,1-2H3,(H,16,17,18)/t12-/m1/s1. The van der Waals surface area contributed by atoms with E-state index in [1.165, 1.54) is 0 Å². The van der Waals surface area contributed by atoms with Crippen LogP contribution in [0.25, 0.3) is 0 Å². The summed E-state index contributed by atoms with van der Waals surface area (Å²) in [7, 11) is 1.66. The molecule has 0 bridgehead atoms. The topological polar surface area (TPSA) is 56.3 Å². The van der Waals surface area contributed by atoms with Crippen molar-refractivity contribution >= 4 is 5.82 Å². The molecule has 1 aliphatic heterocycles. The number of nitrogens with zero attached hydrogens (tertiary/aromatic N) is 2. The van der Waals surface area contributed by atoms with Gasteiger partial charge in [0.2, 0.25) is 0 Å². The van der Waals surface area contributed by atoms with Crippen LogP contribution in [-0.2, 0) is 6.42 Å². The molecule has 0 saturated carbocycles. The number of rotatable bonds is 3. The van der Waals surface area contributed by atoms with Crippen LogP contribution in [0.5, 0.6) is 11.5 Å². The van der Waals surface area contributed by atoms with Gasteiger partial charge in [-0.2, -0.15) is 0 Å². The Kier molecular flexibility index (Phi) is 3.41. The fourth-order valence-electron chi connectivity index (χ4n) is 2.39. The van der Waals surface area contributed by atoms with Gasteiger partial charge in [0, 0.05) is 11.8 Å². The highest BCUT2D eigenvalue weighted by atomic mass is 16.5. The van der Waals surface area contributed by atoms with Gasteiger partial charge in [0.05, 0.1) is 13.2 Å². The lowest BCUT2D eigenvalue weighted by Gasteiger charge is -2.27. The maximum absolute atomic E-state index is 5.83. The van der Waals surface area contributed by atoms with Gasteiger partial charge in [-0.15, -0.1) is 0 Å². The minimum absolute atomic E-state index is 0.198. The van der Waals surface area contributed by atoms with E-state index in [2.05, 4.69) is 21.4 Å². The Labute approximate surface area is 118 Å². The predicted octanol–water partition coefficient (Wildman–Crippen LogP) is 2.21. The summed E-state index contributed by atoms with van der Waals surface area (Å²) in [5.41, 5.74) is 1.15. The van der Waals surface area contributed by atoms with E-state index in [1.807, 2.05) is 25.1 Å². The highest BCUT2D eigenvalue weighted by Gasteiger charge is 2.22. The van der Waals surface area contributed by atoms with Gasteiger partial charge in [-0.1, -0.05) is 12.1 Å². The molecule has 1 aromatic carbocycles. The third-order valence-electron chi connectivity index (χ3n) is 3.30. The molecule has 0 unspecified atom stereocenters. The molecular weight excluding hydrogens is 254 g/mol. The number of nitrogens with one attached hydrogen (secondary N) is 1. The minimum Gasteiger partial charge on any atom is -0.493 e. The Bertz CT molecular complexity index is 616. The van der Waals surface area contributed by atoms with E-state index in [1.54, 1.807) is 13.3 Å². The van der Waals surface area contributed by atoms with E-state index >= 15 is 0 Å². The summed E-state index contributed by atoms with van der Waals surface area (Å²) in [6.45, 7) is 2.47. The zero-order valence-corrected chi connectivity index (χ0v) is 11.6.